The van der Waals surface area contributed by atoms with Gasteiger partial charge >= 0.3 is 0 Å². The van der Waals surface area contributed by atoms with Crippen LogP contribution in [-0.2, 0) is 0 Å². The van der Waals surface area contributed by atoms with E-state index < -0.39 is 5.95 Å². The van der Waals surface area contributed by atoms with Crippen LogP contribution in [0, 0.1) is 5.95 Å². The summed E-state index contributed by atoms with van der Waals surface area (Å²) in [7, 11) is 0. The smallest absolute Gasteiger partial charge is 0.229 e. The molecule has 0 unspecified atom stereocenters. The van der Waals surface area contributed by atoms with Crippen LogP contribution in [0.2, 0.25) is 0 Å². The first-order chi connectivity index (χ1) is 4.20. The van der Waals surface area contributed by atoms with Crippen molar-refractivity contribution in [3.8, 4) is 0 Å². The zero-order chi connectivity index (χ0) is 6.85. The molecule has 9 heavy (non-hydrogen) atoms. The topological polar surface area (TPSA) is 38.9 Å². The third kappa shape index (κ3) is 1.38. The van der Waals surface area contributed by atoms with Crippen LogP contribution < -0.4 is 5.73 Å². The van der Waals surface area contributed by atoms with Crippen LogP contribution >= 0.6 is 15.9 Å². The summed E-state index contributed by atoms with van der Waals surface area (Å²) >= 11 is 2.94. The molecule has 0 atom stereocenters. The Labute approximate surface area is 60.0 Å². The number of aromatic nitrogens is 1. The minimum atomic E-state index is -0.574. The molecule has 2 nitrogen and oxygen atoms in total. The molecule has 0 bridgehead atoms. The van der Waals surface area contributed by atoms with E-state index >= 15 is 0 Å². The van der Waals surface area contributed by atoms with E-state index in [4.69, 9.17) is 5.73 Å². The highest BCUT2D eigenvalue weighted by Crippen LogP contribution is 2.13. The molecule has 0 radical (unpaired) electrons. The summed E-state index contributed by atoms with van der Waals surface area (Å²) in [4.78, 5) is 3.34. The molecular formula is C5H4BrFN2. The largest absolute Gasteiger partial charge is 0.384 e. The molecule has 0 saturated heterocycles. The van der Waals surface area contributed by atoms with Crippen LogP contribution in [-0.4, -0.2) is 4.98 Å². The van der Waals surface area contributed by atoms with Crippen molar-refractivity contribution < 1.29 is 4.39 Å². The summed E-state index contributed by atoms with van der Waals surface area (Å²) in [6, 6.07) is 3.03. The molecule has 0 fully saturated rings. The Balaban J connectivity index is 3.17. The van der Waals surface area contributed by atoms with E-state index in [1.165, 1.54) is 12.1 Å². The van der Waals surface area contributed by atoms with E-state index in [0.717, 1.165) is 0 Å². The number of pyridine rings is 1. The Bertz CT molecular complexity index is 226. The lowest BCUT2D eigenvalue weighted by molar-refractivity contribution is 0.579. The van der Waals surface area contributed by atoms with E-state index in [1.807, 2.05) is 0 Å². The first kappa shape index (κ1) is 6.48. The molecule has 4 heteroatoms. The molecule has 1 heterocycles. The van der Waals surface area contributed by atoms with E-state index in [0.29, 0.717) is 4.47 Å². The first-order valence-electron chi connectivity index (χ1n) is 2.27. The number of nitrogens with zero attached hydrogens (tertiary/aromatic N) is 1. The Kier molecular flexibility index (Phi) is 1.66. The van der Waals surface area contributed by atoms with Gasteiger partial charge in [0.2, 0.25) is 5.95 Å². The van der Waals surface area contributed by atoms with Crippen LogP contribution in [0.5, 0.6) is 0 Å². The van der Waals surface area contributed by atoms with Gasteiger partial charge in [-0.3, -0.25) is 0 Å². The quantitative estimate of drug-likeness (QED) is 0.632. The summed E-state index contributed by atoms with van der Waals surface area (Å²) in [5.74, 6) is -0.384. The SMILES string of the molecule is Nc1ccc(Br)c(F)n1. The Hall–Kier alpha value is -0.640. The standard InChI is InChI=1S/C5H4BrFN2/c6-3-1-2-4(8)9-5(3)7/h1-2H,(H2,8,9). The monoisotopic (exact) mass is 190 g/mol. The van der Waals surface area contributed by atoms with Crippen molar-refractivity contribution >= 4 is 21.7 Å². The summed E-state index contributed by atoms with van der Waals surface area (Å²) in [5, 5.41) is 0. The van der Waals surface area contributed by atoms with Crippen molar-refractivity contribution in [3.05, 3.63) is 22.6 Å². The van der Waals surface area contributed by atoms with Gasteiger partial charge in [-0.15, -0.1) is 0 Å². The molecule has 1 aromatic heterocycles. The van der Waals surface area contributed by atoms with Gasteiger partial charge in [0.05, 0.1) is 4.47 Å². The average molecular weight is 191 g/mol. The molecule has 0 aliphatic carbocycles. The summed E-state index contributed by atoms with van der Waals surface area (Å²) < 4.78 is 12.7. The Morgan fingerprint density at radius 3 is 2.67 bits per heavy atom. The maximum absolute atomic E-state index is 12.3. The highest BCUT2D eigenvalue weighted by molar-refractivity contribution is 9.10. The number of hydrogen-bond donors (Lipinski definition) is 1. The van der Waals surface area contributed by atoms with Crippen molar-refractivity contribution in [1.82, 2.24) is 4.98 Å². The zero-order valence-corrected chi connectivity index (χ0v) is 6.02. The lowest BCUT2D eigenvalue weighted by Gasteiger charge is -1.92. The number of halogens is 2. The van der Waals surface area contributed by atoms with Crippen molar-refractivity contribution in [1.29, 1.82) is 0 Å². The molecule has 0 aromatic carbocycles. The van der Waals surface area contributed by atoms with E-state index in [2.05, 4.69) is 20.9 Å². The van der Waals surface area contributed by atoms with Gasteiger partial charge in [0.25, 0.3) is 0 Å². The van der Waals surface area contributed by atoms with Crippen molar-refractivity contribution in [2.75, 3.05) is 5.73 Å². The van der Waals surface area contributed by atoms with E-state index in [1.54, 1.807) is 0 Å². The second-order valence-corrected chi connectivity index (χ2v) is 2.36. The van der Waals surface area contributed by atoms with Crippen LogP contribution in [0.3, 0.4) is 0 Å². The minimum Gasteiger partial charge on any atom is -0.384 e. The van der Waals surface area contributed by atoms with Gasteiger partial charge < -0.3 is 5.73 Å². The van der Waals surface area contributed by atoms with Crippen molar-refractivity contribution in [2.24, 2.45) is 0 Å². The van der Waals surface area contributed by atoms with Crippen molar-refractivity contribution in [3.63, 3.8) is 0 Å². The lowest BCUT2D eigenvalue weighted by atomic mass is 10.5. The van der Waals surface area contributed by atoms with Gasteiger partial charge in [0.15, 0.2) is 0 Å². The first-order valence-corrected chi connectivity index (χ1v) is 3.07. The number of anilines is 1. The highest BCUT2D eigenvalue weighted by Gasteiger charge is 1.97. The number of nitrogens with two attached hydrogens (primary N) is 1. The summed E-state index contributed by atoms with van der Waals surface area (Å²) in [5.41, 5.74) is 5.16. The lowest BCUT2D eigenvalue weighted by Crippen LogP contribution is -1.92. The maximum Gasteiger partial charge on any atom is 0.229 e. The molecule has 1 aromatic rings. The third-order valence-electron chi connectivity index (χ3n) is 0.825. The predicted molar refractivity (Wildman–Crippen MR) is 36.3 cm³/mol. The number of rotatable bonds is 0. The fourth-order valence-corrected chi connectivity index (χ4v) is 0.652. The molecular weight excluding hydrogens is 187 g/mol. The van der Waals surface area contributed by atoms with E-state index in [9.17, 15) is 4.39 Å². The Morgan fingerprint density at radius 2 is 2.22 bits per heavy atom. The molecule has 1 rings (SSSR count). The fourth-order valence-electron chi connectivity index (χ4n) is 0.431. The van der Waals surface area contributed by atoms with Gasteiger partial charge in [-0.1, -0.05) is 0 Å². The zero-order valence-electron chi connectivity index (χ0n) is 4.44. The van der Waals surface area contributed by atoms with Gasteiger partial charge in [0.1, 0.15) is 5.82 Å². The predicted octanol–water partition coefficient (Wildman–Crippen LogP) is 1.57. The molecule has 2 N–H and O–H groups in total. The van der Waals surface area contributed by atoms with E-state index in [-0.39, 0.29) is 5.82 Å². The van der Waals surface area contributed by atoms with Gasteiger partial charge in [-0.2, -0.15) is 4.39 Å². The average Bonchev–Trinajstić information content (AvgIpc) is 1.80. The number of nitrogen functional groups attached to an aromatic ring is 1. The highest BCUT2D eigenvalue weighted by atomic mass is 79.9. The van der Waals surface area contributed by atoms with Crippen LogP contribution in [0.25, 0.3) is 0 Å². The Morgan fingerprint density at radius 1 is 1.56 bits per heavy atom. The summed E-state index contributed by atoms with van der Waals surface area (Å²) in [6.45, 7) is 0. The minimum absolute atomic E-state index is 0.190. The summed E-state index contributed by atoms with van der Waals surface area (Å²) in [6.07, 6.45) is 0. The molecule has 0 aliphatic rings. The second-order valence-electron chi connectivity index (χ2n) is 1.51. The third-order valence-corrected chi connectivity index (χ3v) is 1.42. The molecule has 48 valence electrons. The fraction of sp³-hybridized carbons (Fsp3) is 0. The molecule has 0 aliphatic heterocycles. The molecule has 0 saturated carbocycles. The number of hydrogen-bond acceptors (Lipinski definition) is 2. The molecule has 0 spiro atoms. The second kappa shape index (κ2) is 2.31. The normalized spacial score (nSPS) is 9.56. The van der Waals surface area contributed by atoms with Gasteiger partial charge in [-0.05, 0) is 28.1 Å². The van der Waals surface area contributed by atoms with Gasteiger partial charge in [0, 0.05) is 0 Å². The van der Waals surface area contributed by atoms with Crippen LogP contribution in [0.15, 0.2) is 16.6 Å². The van der Waals surface area contributed by atoms with Crippen LogP contribution in [0.4, 0.5) is 10.2 Å². The molecule has 0 amide bonds. The van der Waals surface area contributed by atoms with Gasteiger partial charge in [-0.25, -0.2) is 4.98 Å². The maximum atomic E-state index is 12.3. The van der Waals surface area contributed by atoms with Crippen molar-refractivity contribution in [2.45, 2.75) is 0 Å². The van der Waals surface area contributed by atoms with Crippen LogP contribution in [0.1, 0.15) is 0 Å².